The summed E-state index contributed by atoms with van der Waals surface area (Å²) in [5, 5.41) is 3.20. The first kappa shape index (κ1) is 13.8. The van der Waals surface area contributed by atoms with Crippen LogP contribution in [0.1, 0.15) is 20.3 Å². The number of anilines is 2. The maximum atomic E-state index is 12.9. The van der Waals surface area contributed by atoms with Crippen LogP contribution < -0.4 is 11.1 Å². The molecular formula is C12H17FN2OS. The van der Waals surface area contributed by atoms with E-state index in [1.807, 2.05) is 0 Å². The van der Waals surface area contributed by atoms with Crippen molar-refractivity contribution in [2.24, 2.45) is 0 Å². The number of amides is 1. The summed E-state index contributed by atoms with van der Waals surface area (Å²) in [5.74, 6) is 0.225. The summed E-state index contributed by atoms with van der Waals surface area (Å²) in [6, 6.07) is 4.16. The maximum absolute atomic E-state index is 12.9. The van der Waals surface area contributed by atoms with Gasteiger partial charge in [0.25, 0.3) is 0 Å². The van der Waals surface area contributed by atoms with Crippen LogP contribution in [0, 0.1) is 5.82 Å². The van der Waals surface area contributed by atoms with Crippen LogP contribution in [0.25, 0.3) is 0 Å². The van der Waals surface area contributed by atoms with Crippen LogP contribution in [0.4, 0.5) is 15.8 Å². The van der Waals surface area contributed by atoms with E-state index in [-0.39, 0.29) is 11.6 Å². The third-order valence-electron chi connectivity index (χ3n) is 2.06. The predicted molar refractivity (Wildman–Crippen MR) is 71.7 cm³/mol. The monoisotopic (exact) mass is 256 g/mol. The molecule has 0 saturated carbocycles. The number of thioether (sulfide) groups is 1. The summed E-state index contributed by atoms with van der Waals surface area (Å²) in [4.78, 5) is 11.5. The molecule has 0 spiro atoms. The second kappa shape index (κ2) is 6.49. The summed E-state index contributed by atoms with van der Waals surface area (Å²) in [5.41, 5.74) is 5.98. The molecule has 1 rings (SSSR count). The average Bonchev–Trinajstić information content (AvgIpc) is 2.23. The fourth-order valence-corrected chi connectivity index (χ4v) is 2.01. The van der Waals surface area contributed by atoms with Gasteiger partial charge in [-0.05, 0) is 23.4 Å². The summed E-state index contributed by atoms with van der Waals surface area (Å²) >= 11 is 1.73. The van der Waals surface area contributed by atoms with Crippen molar-refractivity contribution >= 4 is 29.0 Å². The van der Waals surface area contributed by atoms with Gasteiger partial charge in [0.15, 0.2) is 0 Å². The van der Waals surface area contributed by atoms with Crippen LogP contribution in [0.15, 0.2) is 18.2 Å². The molecule has 3 nitrogen and oxygen atoms in total. The molecule has 0 aliphatic heterocycles. The Balaban J connectivity index is 2.42. The summed E-state index contributed by atoms with van der Waals surface area (Å²) in [7, 11) is 0. The lowest BCUT2D eigenvalue weighted by molar-refractivity contribution is -0.115. The SMILES string of the molecule is CC(C)SCCC(=O)Nc1ccc(F)c(N)c1. The van der Waals surface area contributed by atoms with E-state index < -0.39 is 5.82 Å². The molecule has 5 heteroatoms. The van der Waals surface area contributed by atoms with Crippen molar-refractivity contribution in [3.63, 3.8) is 0 Å². The molecule has 17 heavy (non-hydrogen) atoms. The number of nitrogens with one attached hydrogen (secondary N) is 1. The van der Waals surface area contributed by atoms with E-state index in [9.17, 15) is 9.18 Å². The molecule has 1 aromatic rings. The van der Waals surface area contributed by atoms with Crippen LogP contribution in [0.2, 0.25) is 0 Å². The Bertz CT molecular complexity index is 396. The number of carbonyl (C=O) groups excluding carboxylic acids is 1. The molecule has 0 aliphatic carbocycles. The minimum absolute atomic E-state index is 0.0411. The van der Waals surface area contributed by atoms with Crippen LogP contribution in [0.5, 0.6) is 0 Å². The highest BCUT2D eigenvalue weighted by Gasteiger charge is 2.05. The van der Waals surface area contributed by atoms with E-state index in [1.165, 1.54) is 18.2 Å². The Hall–Kier alpha value is -1.23. The first-order valence-corrected chi connectivity index (χ1v) is 6.50. The van der Waals surface area contributed by atoms with Gasteiger partial charge in [0.1, 0.15) is 5.82 Å². The number of benzene rings is 1. The van der Waals surface area contributed by atoms with Gasteiger partial charge in [0, 0.05) is 17.9 Å². The number of rotatable bonds is 5. The summed E-state index contributed by atoms with van der Waals surface area (Å²) < 4.78 is 12.9. The number of nitrogens with two attached hydrogens (primary N) is 1. The van der Waals surface area contributed by atoms with E-state index in [0.29, 0.717) is 17.4 Å². The molecule has 0 heterocycles. The third-order valence-corrected chi connectivity index (χ3v) is 3.17. The molecule has 0 aliphatic rings. The topological polar surface area (TPSA) is 55.1 Å². The van der Waals surface area contributed by atoms with Gasteiger partial charge < -0.3 is 11.1 Å². The minimum Gasteiger partial charge on any atom is -0.396 e. The highest BCUT2D eigenvalue weighted by Crippen LogP contribution is 2.17. The number of carbonyl (C=O) groups is 1. The number of halogens is 1. The second-order valence-corrected chi connectivity index (χ2v) is 5.64. The van der Waals surface area contributed by atoms with E-state index in [4.69, 9.17) is 5.73 Å². The molecule has 0 bridgehead atoms. The predicted octanol–water partition coefficient (Wildman–Crippen LogP) is 2.88. The quantitative estimate of drug-likeness (QED) is 0.796. The van der Waals surface area contributed by atoms with Crippen molar-refractivity contribution < 1.29 is 9.18 Å². The van der Waals surface area contributed by atoms with Gasteiger partial charge >= 0.3 is 0 Å². The fourth-order valence-electron chi connectivity index (χ4n) is 1.23. The average molecular weight is 256 g/mol. The van der Waals surface area contributed by atoms with Gasteiger partial charge in [-0.3, -0.25) is 4.79 Å². The lowest BCUT2D eigenvalue weighted by atomic mass is 10.2. The summed E-state index contributed by atoms with van der Waals surface area (Å²) in [6.07, 6.45) is 0.445. The lowest BCUT2D eigenvalue weighted by Crippen LogP contribution is -2.13. The molecule has 1 amide bonds. The van der Waals surface area contributed by atoms with Crippen molar-refractivity contribution in [2.75, 3.05) is 16.8 Å². The highest BCUT2D eigenvalue weighted by atomic mass is 32.2. The van der Waals surface area contributed by atoms with E-state index in [0.717, 1.165) is 5.75 Å². The van der Waals surface area contributed by atoms with Crippen LogP contribution >= 0.6 is 11.8 Å². The van der Waals surface area contributed by atoms with Crippen molar-refractivity contribution in [1.82, 2.24) is 0 Å². The zero-order valence-corrected chi connectivity index (χ0v) is 10.8. The van der Waals surface area contributed by atoms with Crippen LogP contribution in [0.3, 0.4) is 0 Å². The van der Waals surface area contributed by atoms with Gasteiger partial charge in [-0.25, -0.2) is 4.39 Å². The minimum atomic E-state index is -0.474. The highest BCUT2D eigenvalue weighted by molar-refractivity contribution is 7.99. The van der Waals surface area contributed by atoms with Gasteiger partial charge in [-0.15, -0.1) is 0 Å². The lowest BCUT2D eigenvalue weighted by Gasteiger charge is -2.07. The van der Waals surface area contributed by atoms with Crippen LogP contribution in [-0.2, 0) is 4.79 Å². The van der Waals surface area contributed by atoms with Crippen molar-refractivity contribution in [2.45, 2.75) is 25.5 Å². The van der Waals surface area contributed by atoms with Crippen molar-refractivity contribution in [1.29, 1.82) is 0 Å². The standard InChI is InChI=1S/C12H17FN2OS/c1-8(2)17-6-5-12(16)15-9-3-4-10(13)11(14)7-9/h3-4,7-8H,5-6,14H2,1-2H3,(H,15,16). The zero-order chi connectivity index (χ0) is 12.8. The van der Waals surface area contributed by atoms with E-state index in [1.54, 1.807) is 11.8 Å². The Morgan fingerprint density at radius 1 is 1.53 bits per heavy atom. The van der Waals surface area contributed by atoms with Gasteiger partial charge in [-0.1, -0.05) is 13.8 Å². The second-order valence-electron chi connectivity index (χ2n) is 3.95. The first-order valence-electron chi connectivity index (χ1n) is 5.45. The van der Waals surface area contributed by atoms with Gasteiger partial charge in [-0.2, -0.15) is 11.8 Å². The van der Waals surface area contributed by atoms with E-state index in [2.05, 4.69) is 19.2 Å². The van der Waals surface area contributed by atoms with Crippen molar-refractivity contribution in [3.05, 3.63) is 24.0 Å². The fraction of sp³-hybridized carbons (Fsp3) is 0.417. The summed E-state index contributed by atoms with van der Waals surface area (Å²) in [6.45, 7) is 4.17. The van der Waals surface area contributed by atoms with Crippen LogP contribution in [-0.4, -0.2) is 16.9 Å². The molecule has 0 fully saturated rings. The molecule has 94 valence electrons. The maximum Gasteiger partial charge on any atom is 0.225 e. The van der Waals surface area contributed by atoms with E-state index >= 15 is 0 Å². The Kier molecular flexibility index (Phi) is 5.28. The Morgan fingerprint density at radius 3 is 2.82 bits per heavy atom. The zero-order valence-electron chi connectivity index (χ0n) is 10.00. The molecule has 0 aromatic heterocycles. The van der Waals surface area contributed by atoms with Gasteiger partial charge in [0.2, 0.25) is 5.91 Å². The molecule has 0 saturated heterocycles. The third kappa shape index (κ3) is 5.08. The largest absolute Gasteiger partial charge is 0.396 e. The first-order chi connectivity index (χ1) is 7.99. The van der Waals surface area contributed by atoms with Crippen molar-refractivity contribution in [3.8, 4) is 0 Å². The number of nitrogen functional groups attached to an aromatic ring is 1. The Labute approximate surface area is 105 Å². The molecule has 0 atom stereocenters. The molecule has 0 unspecified atom stereocenters. The number of hydrogen-bond donors (Lipinski definition) is 2. The Morgan fingerprint density at radius 2 is 2.24 bits per heavy atom. The molecule has 1 aromatic carbocycles. The molecule has 3 N–H and O–H groups in total. The normalized spacial score (nSPS) is 10.6. The molecule has 0 radical (unpaired) electrons. The molecular weight excluding hydrogens is 239 g/mol. The van der Waals surface area contributed by atoms with Gasteiger partial charge in [0.05, 0.1) is 5.69 Å². The smallest absolute Gasteiger partial charge is 0.225 e. The number of hydrogen-bond acceptors (Lipinski definition) is 3.